The molecule has 76 valence electrons. The van der Waals surface area contributed by atoms with Crippen LogP contribution in [0.15, 0.2) is 12.1 Å². The van der Waals surface area contributed by atoms with Crippen LogP contribution in [0.5, 0.6) is 0 Å². The Morgan fingerprint density at radius 2 is 2.14 bits per heavy atom. The summed E-state index contributed by atoms with van der Waals surface area (Å²) in [6, 6.07) is 2.20. The summed E-state index contributed by atoms with van der Waals surface area (Å²) in [5, 5.41) is 17.5. The Kier molecular flexibility index (Phi) is 3.08. The fraction of sp³-hybridized carbons (Fsp3) is 0.222. The molecule has 0 aromatic heterocycles. The van der Waals surface area contributed by atoms with Crippen LogP contribution < -0.4 is 0 Å². The molecule has 0 aliphatic rings. The van der Waals surface area contributed by atoms with Crippen LogP contribution in [0.25, 0.3) is 0 Å². The van der Waals surface area contributed by atoms with Gasteiger partial charge in [-0.1, -0.05) is 11.6 Å². The van der Waals surface area contributed by atoms with Crippen molar-refractivity contribution in [2.75, 3.05) is 0 Å². The van der Waals surface area contributed by atoms with Gasteiger partial charge in [-0.3, -0.25) is 0 Å². The number of aliphatic hydroxyl groups excluding tert-OH is 1. The molecule has 2 N–H and O–H groups in total. The Hall–Kier alpha value is -1.13. The van der Waals surface area contributed by atoms with Gasteiger partial charge in [-0.25, -0.2) is 9.18 Å². The van der Waals surface area contributed by atoms with E-state index in [1.165, 1.54) is 6.92 Å². The highest BCUT2D eigenvalue weighted by atomic mass is 35.5. The van der Waals surface area contributed by atoms with E-state index in [-0.39, 0.29) is 10.6 Å². The number of hydrogen-bond donors (Lipinski definition) is 2. The molecule has 0 aliphatic carbocycles. The lowest BCUT2D eigenvalue weighted by molar-refractivity contribution is -0.147. The van der Waals surface area contributed by atoms with Crippen molar-refractivity contribution in [3.05, 3.63) is 34.1 Å². The second-order valence-corrected chi connectivity index (χ2v) is 3.27. The highest BCUT2D eigenvalue weighted by molar-refractivity contribution is 6.30. The predicted molar refractivity (Wildman–Crippen MR) is 48.7 cm³/mol. The van der Waals surface area contributed by atoms with E-state index in [1.807, 2.05) is 0 Å². The third kappa shape index (κ3) is 2.02. The highest BCUT2D eigenvalue weighted by Gasteiger charge is 2.19. The van der Waals surface area contributed by atoms with Crippen molar-refractivity contribution in [3.63, 3.8) is 0 Å². The summed E-state index contributed by atoms with van der Waals surface area (Å²) in [5.41, 5.74) is 0.450. The van der Waals surface area contributed by atoms with Crippen molar-refractivity contribution in [2.24, 2.45) is 0 Å². The summed E-state index contributed by atoms with van der Waals surface area (Å²) in [5.74, 6) is -2.03. The Bertz CT molecular complexity index is 379. The second kappa shape index (κ2) is 3.94. The maximum atomic E-state index is 12.9. The van der Waals surface area contributed by atoms with E-state index in [2.05, 4.69) is 0 Å². The Labute approximate surface area is 84.7 Å². The number of carboxylic acid groups (broad SMARTS) is 1. The van der Waals surface area contributed by atoms with Crippen LogP contribution in [0.2, 0.25) is 5.02 Å². The molecule has 0 amide bonds. The fourth-order valence-corrected chi connectivity index (χ4v) is 1.26. The van der Waals surface area contributed by atoms with Crippen molar-refractivity contribution >= 4 is 17.6 Å². The third-order valence-electron chi connectivity index (χ3n) is 1.84. The van der Waals surface area contributed by atoms with E-state index in [9.17, 15) is 14.3 Å². The van der Waals surface area contributed by atoms with Gasteiger partial charge >= 0.3 is 5.97 Å². The molecule has 3 nitrogen and oxygen atoms in total. The molecule has 0 saturated carbocycles. The van der Waals surface area contributed by atoms with Crippen molar-refractivity contribution in [3.8, 4) is 0 Å². The van der Waals surface area contributed by atoms with Crippen molar-refractivity contribution in [1.82, 2.24) is 0 Å². The largest absolute Gasteiger partial charge is 0.479 e. The Balaban J connectivity index is 3.22. The van der Waals surface area contributed by atoms with Crippen LogP contribution in [0, 0.1) is 12.7 Å². The van der Waals surface area contributed by atoms with Gasteiger partial charge in [0, 0.05) is 0 Å². The molecule has 1 aromatic rings. The minimum Gasteiger partial charge on any atom is -0.479 e. The molecule has 0 spiro atoms. The van der Waals surface area contributed by atoms with Crippen LogP contribution in [0.4, 0.5) is 4.39 Å². The summed E-state index contributed by atoms with van der Waals surface area (Å²) in [6.07, 6.45) is -1.67. The lowest BCUT2D eigenvalue weighted by Crippen LogP contribution is -2.12. The molecule has 0 radical (unpaired) electrons. The van der Waals surface area contributed by atoms with Gasteiger partial charge < -0.3 is 10.2 Å². The SMILES string of the molecule is Cc1cc(F)c(Cl)cc1C(O)C(=O)O. The van der Waals surface area contributed by atoms with E-state index in [1.54, 1.807) is 0 Å². The zero-order valence-corrected chi connectivity index (χ0v) is 8.05. The molecule has 0 fully saturated rings. The highest BCUT2D eigenvalue weighted by Crippen LogP contribution is 2.24. The van der Waals surface area contributed by atoms with Crippen molar-refractivity contribution in [2.45, 2.75) is 13.0 Å². The normalized spacial score (nSPS) is 12.6. The molecule has 0 saturated heterocycles. The summed E-state index contributed by atoms with van der Waals surface area (Å²) < 4.78 is 12.9. The molecule has 0 bridgehead atoms. The van der Waals surface area contributed by atoms with Gasteiger partial charge in [-0.15, -0.1) is 0 Å². The number of carbonyl (C=O) groups is 1. The van der Waals surface area contributed by atoms with E-state index >= 15 is 0 Å². The fourth-order valence-electron chi connectivity index (χ4n) is 1.09. The smallest absolute Gasteiger partial charge is 0.337 e. The number of halogens is 2. The van der Waals surface area contributed by atoms with Gasteiger partial charge in [0.05, 0.1) is 5.02 Å². The van der Waals surface area contributed by atoms with E-state index in [4.69, 9.17) is 16.7 Å². The average Bonchev–Trinajstić information content (AvgIpc) is 2.10. The average molecular weight is 219 g/mol. The molecular formula is C9H8ClFO3. The van der Waals surface area contributed by atoms with Crippen LogP contribution in [-0.2, 0) is 4.79 Å². The van der Waals surface area contributed by atoms with Crippen LogP contribution >= 0.6 is 11.6 Å². The molecule has 1 unspecified atom stereocenters. The maximum Gasteiger partial charge on any atom is 0.337 e. The molecule has 5 heteroatoms. The van der Waals surface area contributed by atoms with E-state index < -0.39 is 17.9 Å². The Morgan fingerprint density at radius 3 is 2.64 bits per heavy atom. The van der Waals surface area contributed by atoms with E-state index in [0.717, 1.165) is 12.1 Å². The summed E-state index contributed by atoms with van der Waals surface area (Å²) >= 11 is 5.46. The van der Waals surface area contributed by atoms with Gasteiger partial charge in [0.2, 0.25) is 0 Å². The quantitative estimate of drug-likeness (QED) is 0.797. The first kappa shape index (κ1) is 10.9. The molecule has 1 atom stereocenters. The third-order valence-corrected chi connectivity index (χ3v) is 2.13. The van der Waals surface area contributed by atoms with E-state index in [0.29, 0.717) is 5.56 Å². The minimum atomic E-state index is -1.67. The lowest BCUT2D eigenvalue weighted by atomic mass is 10.0. The van der Waals surface area contributed by atoms with Crippen LogP contribution in [0.1, 0.15) is 17.2 Å². The molecule has 1 aromatic carbocycles. The van der Waals surface area contributed by atoms with Crippen LogP contribution in [0.3, 0.4) is 0 Å². The first-order chi connectivity index (χ1) is 6.43. The van der Waals surface area contributed by atoms with Gasteiger partial charge in [0.25, 0.3) is 0 Å². The second-order valence-electron chi connectivity index (χ2n) is 2.86. The number of rotatable bonds is 2. The maximum absolute atomic E-state index is 12.9. The van der Waals surface area contributed by atoms with Crippen molar-refractivity contribution in [1.29, 1.82) is 0 Å². The van der Waals surface area contributed by atoms with Crippen LogP contribution in [-0.4, -0.2) is 16.2 Å². The van der Waals surface area contributed by atoms with Gasteiger partial charge in [0.1, 0.15) is 5.82 Å². The zero-order chi connectivity index (χ0) is 10.9. The minimum absolute atomic E-state index is 0.101. The standard InChI is InChI=1S/C9H8ClFO3/c1-4-2-7(11)6(10)3-5(4)8(12)9(13)14/h2-3,8,12H,1H3,(H,13,14). The number of aryl methyl sites for hydroxylation is 1. The monoisotopic (exact) mass is 218 g/mol. The summed E-state index contributed by atoms with van der Waals surface area (Å²) in [4.78, 5) is 10.5. The molecular weight excluding hydrogens is 211 g/mol. The number of hydrogen-bond acceptors (Lipinski definition) is 2. The lowest BCUT2D eigenvalue weighted by Gasteiger charge is -2.10. The zero-order valence-electron chi connectivity index (χ0n) is 7.29. The molecule has 0 heterocycles. The Morgan fingerprint density at radius 1 is 1.57 bits per heavy atom. The number of aliphatic carboxylic acids is 1. The van der Waals surface area contributed by atoms with Gasteiger partial charge in [0.15, 0.2) is 6.10 Å². The summed E-state index contributed by atoms with van der Waals surface area (Å²) in [6.45, 7) is 1.50. The number of carboxylic acids is 1. The molecule has 1 rings (SSSR count). The predicted octanol–water partition coefficient (Wildman–Crippen LogP) is 1.91. The summed E-state index contributed by atoms with van der Waals surface area (Å²) in [7, 11) is 0. The first-order valence-electron chi connectivity index (χ1n) is 3.80. The van der Waals surface area contributed by atoms with Crippen molar-refractivity contribution < 1.29 is 19.4 Å². The van der Waals surface area contributed by atoms with Gasteiger partial charge in [-0.2, -0.15) is 0 Å². The van der Waals surface area contributed by atoms with Gasteiger partial charge in [-0.05, 0) is 30.2 Å². The number of benzene rings is 1. The topological polar surface area (TPSA) is 57.5 Å². The molecule has 0 aliphatic heterocycles. The molecule has 14 heavy (non-hydrogen) atoms. The number of aliphatic hydroxyl groups is 1. The first-order valence-corrected chi connectivity index (χ1v) is 4.17.